The average molecular weight is 522 g/mol. The van der Waals surface area contributed by atoms with Gasteiger partial charge in [0.1, 0.15) is 18.5 Å². The van der Waals surface area contributed by atoms with Crippen molar-refractivity contribution in [3.05, 3.63) is 11.6 Å². The highest BCUT2D eigenvalue weighted by Gasteiger charge is 2.32. The van der Waals surface area contributed by atoms with Crippen LogP contribution in [-0.2, 0) is 27.8 Å². The number of halogens is 1. The standard InChI is InChI=1S/C19H34N6O3.HI/c1-4-26-10-6-8-20-19(21-13-18-23-22-15(2)24(18)3)25-9-12-28-17(14-25)16-7-5-11-27-16;/h16-17H,4-14H2,1-3H3,(H,20,21);1H. The largest absolute Gasteiger partial charge is 0.382 e. The Bertz CT molecular complexity index is 635. The number of aromatic nitrogens is 3. The number of aryl methyl sites for hydroxylation is 1. The minimum atomic E-state index is 0. The van der Waals surface area contributed by atoms with Gasteiger partial charge >= 0.3 is 0 Å². The molecule has 0 amide bonds. The number of nitrogens with one attached hydrogen (secondary N) is 1. The smallest absolute Gasteiger partial charge is 0.194 e. The fourth-order valence-corrected chi connectivity index (χ4v) is 3.51. The molecule has 166 valence electrons. The van der Waals surface area contributed by atoms with E-state index in [9.17, 15) is 0 Å². The first-order valence-corrected chi connectivity index (χ1v) is 10.4. The van der Waals surface area contributed by atoms with Crippen LogP contribution in [0.25, 0.3) is 0 Å². The van der Waals surface area contributed by atoms with E-state index in [4.69, 9.17) is 19.2 Å². The highest BCUT2D eigenvalue weighted by atomic mass is 127. The van der Waals surface area contributed by atoms with E-state index in [0.29, 0.717) is 13.2 Å². The Balaban J connectivity index is 0.00000300. The van der Waals surface area contributed by atoms with Crippen molar-refractivity contribution in [3.63, 3.8) is 0 Å². The summed E-state index contributed by atoms with van der Waals surface area (Å²) in [5.41, 5.74) is 0. The van der Waals surface area contributed by atoms with Gasteiger partial charge in [-0.05, 0) is 33.1 Å². The number of nitrogens with zero attached hydrogens (tertiary/aromatic N) is 5. The molecule has 1 aromatic rings. The lowest BCUT2D eigenvalue weighted by Crippen LogP contribution is -2.53. The van der Waals surface area contributed by atoms with Crippen LogP contribution in [0.3, 0.4) is 0 Å². The second-order valence-corrected chi connectivity index (χ2v) is 7.25. The number of rotatable bonds is 8. The van der Waals surface area contributed by atoms with E-state index in [2.05, 4.69) is 20.4 Å². The number of hydrogen-bond acceptors (Lipinski definition) is 6. The van der Waals surface area contributed by atoms with Crippen LogP contribution < -0.4 is 5.32 Å². The predicted molar refractivity (Wildman–Crippen MR) is 122 cm³/mol. The number of hydrogen-bond donors (Lipinski definition) is 1. The molecule has 0 bridgehead atoms. The van der Waals surface area contributed by atoms with E-state index in [1.54, 1.807) is 0 Å². The van der Waals surface area contributed by atoms with Gasteiger partial charge in [-0.1, -0.05) is 0 Å². The number of ether oxygens (including phenoxy) is 3. The van der Waals surface area contributed by atoms with Gasteiger partial charge in [0, 0.05) is 46.5 Å². The van der Waals surface area contributed by atoms with Crippen LogP contribution in [0.15, 0.2) is 4.99 Å². The van der Waals surface area contributed by atoms with Gasteiger partial charge < -0.3 is 29.0 Å². The van der Waals surface area contributed by atoms with E-state index in [1.807, 2.05) is 25.5 Å². The minimum Gasteiger partial charge on any atom is -0.382 e. The van der Waals surface area contributed by atoms with Gasteiger partial charge in [0.25, 0.3) is 0 Å². The zero-order chi connectivity index (χ0) is 19.8. The van der Waals surface area contributed by atoms with Gasteiger partial charge in [0.15, 0.2) is 11.8 Å². The summed E-state index contributed by atoms with van der Waals surface area (Å²) in [6.45, 7) is 9.91. The van der Waals surface area contributed by atoms with Crippen molar-refractivity contribution in [2.75, 3.05) is 46.1 Å². The highest BCUT2D eigenvalue weighted by Crippen LogP contribution is 2.21. The van der Waals surface area contributed by atoms with Crippen LogP contribution in [0.4, 0.5) is 0 Å². The normalized spacial score (nSPS) is 22.6. The summed E-state index contributed by atoms with van der Waals surface area (Å²) in [4.78, 5) is 7.12. The number of guanidine groups is 1. The maximum absolute atomic E-state index is 5.99. The fourth-order valence-electron chi connectivity index (χ4n) is 3.51. The average Bonchev–Trinajstić information content (AvgIpc) is 3.36. The monoisotopic (exact) mass is 522 g/mol. The van der Waals surface area contributed by atoms with Gasteiger partial charge in [0.2, 0.25) is 0 Å². The first kappa shape index (κ1) is 24.3. The van der Waals surface area contributed by atoms with Crippen molar-refractivity contribution in [2.45, 2.75) is 51.9 Å². The first-order valence-electron chi connectivity index (χ1n) is 10.4. The molecule has 1 aromatic heterocycles. The van der Waals surface area contributed by atoms with Crippen molar-refractivity contribution in [2.24, 2.45) is 12.0 Å². The maximum Gasteiger partial charge on any atom is 0.194 e. The third-order valence-electron chi connectivity index (χ3n) is 5.28. The van der Waals surface area contributed by atoms with Gasteiger partial charge in [-0.3, -0.25) is 0 Å². The van der Waals surface area contributed by atoms with Crippen LogP contribution in [0.1, 0.15) is 37.8 Å². The van der Waals surface area contributed by atoms with Gasteiger partial charge in [0.05, 0.1) is 12.7 Å². The lowest BCUT2D eigenvalue weighted by Gasteiger charge is -2.37. The fraction of sp³-hybridized carbons (Fsp3) is 0.842. The van der Waals surface area contributed by atoms with Crippen LogP contribution in [0, 0.1) is 6.92 Å². The van der Waals surface area contributed by atoms with E-state index in [-0.39, 0.29) is 36.2 Å². The SMILES string of the molecule is CCOCCCNC(=NCc1nnc(C)n1C)N1CCOC(C2CCCO2)C1.I. The van der Waals surface area contributed by atoms with E-state index < -0.39 is 0 Å². The third-order valence-corrected chi connectivity index (χ3v) is 5.28. The molecule has 0 spiro atoms. The van der Waals surface area contributed by atoms with Crippen LogP contribution in [-0.4, -0.2) is 83.9 Å². The quantitative estimate of drug-likeness (QED) is 0.240. The molecule has 2 fully saturated rings. The lowest BCUT2D eigenvalue weighted by molar-refractivity contribution is -0.0817. The van der Waals surface area contributed by atoms with Gasteiger partial charge in [-0.15, -0.1) is 34.2 Å². The molecule has 2 unspecified atom stereocenters. The van der Waals surface area contributed by atoms with Crippen LogP contribution >= 0.6 is 24.0 Å². The Morgan fingerprint density at radius 2 is 2.10 bits per heavy atom. The van der Waals surface area contributed by atoms with E-state index >= 15 is 0 Å². The van der Waals surface area contributed by atoms with Crippen LogP contribution in [0.2, 0.25) is 0 Å². The summed E-state index contributed by atoms with van der Waals surface area (Å²) < 4.78 is 19.3. The summed E-state index contributed by atoms with van der Waals surface area (Å²) in [6, 6.07) is 0. The van der Waals surface area contributed by atoms with Gasteiger partial charge in [-0.25, -0.2) is 4.99 Å². The van der Waals surface area contributed by atoms with E-state index in [0.717, 1.165) is 76.3 Å². The van der Waals surface area contributed by atoms with Crippen molar-refractivity contribution >= 4 is 29.9 Å². The molecule has 0 radical (unpaired) electrons. The van der Waals surface area contributed by atoms with Crippen LogP contribution in [0.5, 0.6) is 0 Å². The Morgan fingerprint density at radius 3 is 2.79 bits per heavy atom. The van der Waals surface area contributed by atoms with Crippen molar-refractivity contribution in [1.29, 1.82) is 0 Å². The Morgan fingerprint density at radius 1 is 1.28 bits per heavy atom. The summed E-state index contributed by atoms with van der Waals surface area (Å²) in [7, 11) is 1.97. The molecular formula is C19H35IN6O3. The second kappa shape index (κ2) is 12.7. The molecule has 0 aromatic carbocycles. The van der Waals surface area contributed by atoms with E-state index in [1.165, 1.54) is 0 Å². The Labute approximate surface area is 190 Å². The highest BCUT2D eigenvalue weighted by molar-refractivity contribution is 14.0. The van der Waals surface area contributed by atoms with Gasteiger partial charge in [-0.2, -0.15) is 0 Å². The minimum absolute atomic E-state index is 0. The lowest BCUT2D eigenvalue weighted by atomic mass is 10.1. The Kier molecular flexibility index (Phi) is 10.6. The maximum atomic E-state index is 5.99. The first-order chi connectivity index (χ1) is 13.7. The van der Waals surface area contributed by atoms with Crippen molar-refractivity contribution < 1.29 is 14.2 Å². The molecule has 3 rings (SSSR count). The predicted octanol–water partition coefficient (Wildman–Crippen LogP) is 1.49. The molecular weight excluding hydrogens is 487 g/mol. The summed E-state index contributed by atoms with van der Waals surface area (Å²) in [6.07, 6.45) is 3.43. The molecule has 29 heavy (non-hydrogen) atoms. The summed E-state index contributed by atoms with van der Waals surface area (Å²) >= 11 is 0. The molecule has 3 heterocycles. The summed E-state index contributed by atoms with van der Waals surface area (Å²) in [5, 5.41) is 11.8. The number of aliphatic imine (C=N–C) groups is 1. The van der Waals surface area contributed by atoms with Crippen molar-refractivity contribution in [3.8, 4) is 0 Å². The summed E-state index contributed by atoms with van der Waals surface area (Å²) in [5.74, 6) is 2.64. The Hall–Kier alpha value is -0.980. The zero-order valence-electron chi connectivity index (χ0n) is 17.8. The van der Waals surface area contributed by atoms with Crippen molar-refractivity contribution in [1.82, 2.24) is 25.0 Å². The molecule has 2 aliphatic heterocycles. The molecule has 0 saturated carbocycles. The zero-order valence-corrected chi connectivity index (χ0v) is 20.1. The molecule has 10 heteroatoms. The molecule has 9 nitrogen and oxygen atoms in total. The molecule has 2 atom stereocenters. The topological polar surface area (TPSA) is 86.0 Å². The molecule has 2 saturated heterocycles. The third kappa shape index (κ3) is 7.04. The number of morpholine rings is 1. The molecule has 2 aliphatic rings. The molecule has 1 N–H and O–H groups in total. The second-order valence-electron chi connectivity index (χ2n) is 7.25. The molecule has 0 aliphatic carbocycles.